The number of pyridine rings is 2. The number of carbonyl (C=O) groups excluding carboxylic acids is 2. The minimum absolute atomic E-state index is 0.224. The van der Waals surface area contributed by atoms with Gasteiger partial charge in [0.1, 0.15) is 18.2 Å². The van der Waals surface area contributed by atoms with Crippen molar-refractivity contribution in [3.63, 3.8) is 0 Å². The first kappa shape index (κ1) is 15.4. The third-order valence-electron chi connectivity index (χ3n) is 4.32. The zero-order valence-electron chi connectivity index (χ0n) is 13.9. The number of anilines is 4. The Morgan fingerprint density at radius 2 is 2.16 bits per heavy atom. The van der Waals surface area contributed by atoms with Crippen molar-refractivity contribution in [3.05, 3.63) is 35.5 Å². The van der Waals surface area contributed by atoms with Gasteiger partial charge >= 0.3 is 6.09 Å². The van der Waals surface area contributed by atoms with Crippen LogP contribution in [0.1, 0.15) is 22.8 Å². The second-order valence-electron chi connectivity index (χ2n) is 5.83. The van der Waals surface area contributed by atoms with Crippen LogP contribution in [0.25, 0.3) is 0 Å². The van der Waals surface area contributed by atoms with Crippen molar-refractivity contribution >= 4 is 35.1 Å². The molecule has 2 aliphatic rings. The second kappa shape index (κ2) is 5.73. The highest BCUT2D eigenvalue weighted by Crippen LogP contribution is 2.38. The molecule has 2 aromatic heterocycles. The van der Waals surface area contributed by atoms with Gasteiger partial charge in [0.25, 0.3) is 5.91 Å². The number of hydrogen-bond donors (Lipinski definition) is 1. The minimum Gasteiger partial charge on any atom is -0.447 e. The van der Waals surface area contributed by atoms with Gasteiger partial charge in [0.05, 0.1) is 17.8 Å². The Labute approximate surface area is 144 Å². The molecule has 0 spiro atoms. The zero-order valence-corrected chi connectivity index (χ0v) is 13.9. The number of cyclic esters (lactones) is 1. The summed E-state index contributed by atoms with van der Waals surface area (Å²) in [6, 6.07) is 5.25. The molecular weight excluding hydrogens is 322 g/mol. The molecule has 4 heterocycles. The lowest BCUT2D eigenvalue weighted by atomic mass is 10.2. The van der Waals surface area contributed by atoms with E-state index in [0.717, 1.165) is 5.56 Å². The summed E-state index contributed by atoms with van der Waals surface area (Å²) in [4.78, 5) is 36.9. The van der Waals surface area contributed by atoms with Crippen molar-refractivity contribution in [2.75, 3.05) is 34.8 Å². The van der Waals surface area contributed by atoms with Crippen LogP contribution >= 0.6 is 0 Å². The van der Waals surface area contributed by atoms with E-state index >= 15 is 0 Å². The first-order valence-electron chi connectivity index (χ1n) is 8.10. The van der Waals surface area contributed by atoms with Gasteiger partial charge in [-0.25, -0.2) is 14.8 Å². The van der Waals surface area contributed by atoms with Gasteiger partial charge in [-0.2, -0.15) is 0 Å². The van der Waals surface area contributed by atoms with Crippen LogP contribution in [0.15, 0.2) is 24.4 Å². The van der Waals surface area contributed by atoms with Crippen LogP contribution in [0.2, 0.25) is 0 Å². The SMILES string of the molecule is CCN1c2ncccc2C(=O)Nc2c(C)cc(N3CCOC3=O)nc21. The zero-order chi connectivity index (χ0) is 17.6. The van der Waals surface area contributed by atoms with Crippen LogP contribution in [0, 0.1) is 6.92 Å². The number of nitrogens with zero attached hydrogens (tertiary/aromatic N) is 4. The average molecular weight is 339 g/mol. The maximum atomic E-state index is 12.6. The normalized spacial score (nSPS) is 16.1. The Bertz CT molecular complexity index is 883. The molecule has 2 amide bonds. The van der Waals surface area contributed by atoms with Crippen LogP contribution in [-0.2, 0) is 4.74 Å². The highest BCUT2D eigenvalue weighted by molar-refractivity contribution is 6.12. The molecule has 2 aromatic rings. The lowest BCUT2D eigenvalue weighted by molar-refractivity contribution is 0.102. The molecule has 8 heteroatoms. The van der Waals surface area contributed by atoms with E-state index < -0.39 is 6.09 Å². The van der Waals surface area contributed by atoms with E-state index in [9.17, 15) is 9.59 Å². The van der Waals surface area contributed by atoms with Gasteiger partial charge in [-0.05, 0) is 37.6 Å². The fraction of sp³-hybridized carbons (Fsp3) is 0.294. The van der Waals surface area contributed by atoms with Crippen molar-refractivity contribution < 1.29 is 14.3 Å². The summed E-state index contributed by atoms with van der Waals surface area (Å²) >= 11 is 0. The molecule has 0 saturated carbocycles. The Kier molecular flexibility index (Phi) is 3.52. The molecule has 4 rings (SSSR count). The molecule has 1 N–H and O–H groups in total. The fourth-order valence-corrected chi connectivity index (χ4v) is 3.10. The van der Waals surface area contributed by atoms with Crippen molar-refractivity contribution in [2.45, 2.75) is 13.8 Å². The summed E-state index contributed by atoms with van der Waals surface area (Å²) < 4.78 is 5.01. The van der Waals surface area contributed by atoms with E-state index in [1.54, 1.807) is 24.4 Å². The molecule has 1 saturated heterocycles. The molecule has 0 atom stereocenters. The van der Waals surface area contributed by atoms with E-state index in [-0.39, 0.29) is 5.91 Å². The molecule has 0 bridgehead atoms. The maximum Gasteiger partial charge on any atom is 0.415 e. The van der Waals surface area contributed by atoms with E-state index in [1.165, 1.54) is 4.90 Å². The van der Waals surface area contributed by atoms with Crippen molar-refractivity contribution in [2.24, 2.45) is 0 Å². The molecule has 25 heavy (non-hydrogen) atoms. The predicted octanol–water partition coefficient (Wildman–Crippen LogP) is 2.47. The van der Waals surface area contributed by atoms with Crippen molar-refractivity contribution in [1.82, 2.24) is 9.97 Å². The Morgan fingerprint density at radius 1 is 1.32 bits per heavy atom. The summed E-state index contributed by atoms with van der Waals surface area (Å²) in [7, 11) is 0. The molecule has 1 fully saturated rings. The van der Waals surface area contributed by atoms with Crippen molar-refractivity contribution in [1.29, 1.82) is 0 Å². The molecule has 0 aliphatic carbocycles. The number of fused-ring (bicyclic) bond motifs is 2. The summed E-state index contributed by atoms with van der Waals surface area (Å²) in [6.07, 6.45) is 1.24. The Morgan fingerprint density at radius 3 is 2.88 bits per heavy atom. The highest BCUT2D eigenvalue weighted by atomic mass is 16.6. The van der Waals surface area contributed by atoms with Crippen LogP contribution in [0.5, 0.6) is 0 Å². The molecule has 128 valence electrons. The first-order chi connectivity index (χ1) is 12.1. The first-order valence-corrected chi connectivity index (χ1v) is 8.10. The van der Waals surface area contributed by atoms with Gasteiger partial charge in [-0.1, -0.05) is 0 Å². The summed E-state index contributed by atoms with van der Waals surface area (Å²) in [6.45, 7) is 5.22. The quantitative estimate of drug-likeness (QED) is 0.904. The molecule has 0 unspecified atom stereocenters. The lowest BCUT2D eigenvalue weighted by Gasteiger charge is -2.24. The Hall–Kier alpha value is -3.16. The maximum absolute atomic E-state index is 12.6. The molecule has 0 radical (unpaired) electrons. The second-order valence-corrected chi connectivity index (χ2v) is 5.83. The fourth-order valence-electron chi connectivity index (χ4n) is 3.10. The van der Waals surface area contributed by atoms with Gasteiger partial charge in [-0.15, -0.1) is 0 Å². The van der Waals surface area contributed by atoms with Gasteiger partial charge in [0.2, 0.25) is 0 Å². The lowest BCUT2D eigenvalue weighted by Crippen LogP contribution is -2.26. The van der Waals surface area contributed by atoms with Crippen LogP contribution in [0.3, 0.4) is 0 Å². The molecule has 0 aromatic carbocycles. The smallest absolute Gasteiger partial charge is 0.415 e. The van der Waals surface area contributed by atoms with E-state index in [0.29, 0.717) is 48.4 Å². The number of carbonyl (C=O) groups is 2. The highest BCUT2D eigenvalue weighted by Gasteiger charge is 2.31. The number of ether oxygens (including phenoxy) is 1. The summed E-state index contributed by atoms with van der Waals surface area (Å²) in [5, 5.41) is 2.92. The number of nitrogens with one attached hydrogen (secondary N) is 1. The van der Waals surface area contributed by atoms with Gasteiger partial charge < -0.3 is 15.0 Å². The summed E-state index contributed by atoms with van der Waals surface area (Å²) in [5.74, 6) is 1.40. The Balaban J connectivity index is 1.91. The topological polar surface area (TPSA) is 87.7 Å². The standard InChI is InChI=1S/C17H17N5O3/c1-3-21-14-11(5-4-6-18-14)16(23)20-13-10(2)9-12(19-15(13)21)22-7-8-25-17(22)24/h4-6,9H,3,7-8H2,1-2H3,(H,20,23). The average Bonchev–Trinajstić information content (AvgIpc) is 2.99. The summed E-state index contributed by atoms with van der Waals surface area (Å²) in [5.41, 5.74) is 1.93. The largest absolute Gasteiger partial charge is 0.447 e. The number of hydrogen-bond acceptors (Lipinski definition) is 6. The number of aromatic nitrogens is 2. The van der Waals surface area contributed by atoms with Gasteiger partial charge in [-0.3, -0.25) is 9.69 Å². The predicted molar refractivity (Wildman–Crippen MR) is 92.5 cm³/mol. The van der Waals surface area contributed by atoms with Crippen molar-refractivity contribution in [3.8, 4) is 0 Å². The molecule has 8 nitrogen and oxygen atoms in total. The third-order valence-corrected chi connectivity index (χ3v) is 4.32. The molecule has 2 aliphatic heterocycles. The van der Waals surface area contributed by atoms with E-state index in [1.807, 2.05) is 18.7 Å². The van der Waals surface area contributed by atoms with E-state index in [2.05, 4.69) is 15.3 Å². The monoisotopic (exact) mass is 339 g/mol. The van der Waals surface area contributed by atoms with Crippen LogP contribution in [0.4, 0.5) is 27.9 Å². The van der Waals surface area contributed by atoms with Crippen LogP contribution in [-0.4, -0.2) is 41.7 Å². The van der Waals surface area contributed by atoms with Gasteiger partial charge in [0.15, 0.2) is 5.82 Å². The van der Waals surface area contributed by atoms with Crippen LogP contribution < -0.4 is 15.1 Å². The number of rotatable bonds is 2. The number of aryl methyl sites for hydroxylation is 1. The minimum atomic E-state index is -0.411. The van der Waals surface area contributed by atoms with E-state index in [4.69, 9.17) is 4.74 Å². The number of amides is 2. The molecular formula is C17H17N5O3. The van der Waals surface area contributed by atoms with Gasteiger partial charge in [0, 0.05) is 12.7 Å². The third kappa shape index (κ3) is 2.37.